The van der Waals surface area contributed by atoms with E-state index in [1.807, 2.05) is 24.3 Å². The van der Waals surface area contributed by atoms with E-state index in [0.717, 1.165) is 34.5 Å². The first-order valence-corrected chi connectivity index (χ1v) is 11.5. The average molecular weight is 509 g/mol. The predicted molar refractivity (Wildman–Crippen MR) is 131 cm³/mol. The summed E-state index contributed by atoms with van der Waals surface area (Å²) in [4.78, 5) is 12.5. The van der Waals surface area contributed by atoms with Gasteiger partial charge in [-0.25, -0.2) is 0 Å². The van der Waals surface area contributed by atoms with Crippen molar-refractivity contribution >= 4 is 44.9 Å². The van der Waals surface area contributed by atoms with E-state index in [4.69, 9.17) is 26.4 Å². The molecule has 31 heavy (non-hydrogen) atoms. The summed E-state index contributed by atoms with van der Waals surface area (Å²) in [7, 11) is 1.63. The molecule has 1 amide bonds. The van der Waals surface area contributed by atoms with Crippen LogP contribution in [0.4, 0.5) is 5.69 Å². The maximum Gasteiger partial charge on any atom is 0.257 e. The number of halogens is 1. The van der Waals surface area contributed by atoms with Crippen LogP contribution in [0.2, 0.25) is 0 Å². The number of hydrogen-bond donors (Lipinski definition) is 2. The van der Waals surface area contributed by atoms with Crippen LogP contribution in [-0.4, -0.2) is 38.0 Å². The van der Waals surface area contributed by atoms with Crippen molar-refractivity contribution in [1.82, 2.24) is 5.32 Å². The number of thiocarbonyl (C=S) groups is 1. The standard InChI is InChI=1S/C23H29BrN2O4S/c1-3-4-5-6-13-30-21-12-7-17(16-20(21)24)22(27)26-23(31)25-18-8-10-19(11-9-18)29-15-14-28-2/h7-12,16H,3-6,13-15H2,1-2H3,(H2,25,26,27,31). The molecule has 2 N–H and O–H groups in total. The van der Waals surface area contributed by atoms with Crippen LogP contribution < -0.4 is 20.1 Å². The molecule has 8 heteroatoms. The van der Waals surface area contributed by atoms with Crippen LogP contribution in [-0.2, 0) is 4.74 Å². The summed E-state index contributed by atoms with van der Waals surface area (Å²) in [6, 6.07) is 12.5. The van der Waals surface area contributed by atoms with Gasteiger partial charge in [-0.15, -0.1) is 0 Å². The largest absolute Gasteiger partial charge is 0.492 e. The first-order chi connectivity index (χ1) is 15.0. The third-order valence-electron chi connectivity index (χ3n) is 4.34. The van der Waals surface area contributed by atoms with Crippen LogP contribution in [0.3, 0.4) is 0 Å². The quantitative estimate of drug-likeness (QED) is 0.289. The molecular formula is C23H29BrN2O4S. The summed E-state index contributed by atoms with van der Waals surface area (Å²) >= 11 is 8.73. The van der Waals surface area contributed by atoms with E-state index in [1.54, 1.807) is 25.3 Å². The lowest BCUT2D eigenvalue weighted by Crippen LogP contribution is -2.34. The second-order valence-electron chi connectivity index (χ2n) is 6.83. The monoisotopic (exact) mass is 508 g/mol. The smallest absolute Gasteiger partial charge is 0.257 e. The lowest BCUT2D eigenvalue weighted by atomic mass is 10.2. The molecule has 0 aliphatic heterocycles. The van der Waals surface area contributed by atoms with Crippen molar-refractivity contribution in [3.63, 3.8) is 0 Å². The van der Waals surface area contributed by atoms with Crippen LogP contribution in [0.1, 0.15) is 43.0 Å². The lowest BCUT2D eigenvalue weighted by molar-refractivity contribution is 0.0977. The fourth-order valence-corrected chi connectivity index (χ4v) is 3.39. The average Bonchev–Trinajstić information content (AvgIpc) is 2.76. The zero-order valence-electron chi connectivity index (χ0n) is 17.9. The van der Waals surface area contributed by atoms with Gasteiger partial charge in [-0.1, -0.05) is 26.2 Å². The molecule has 0 aliphatic carbocycles. The molecule has 0 aromatic heterocycles. The van der Waals surface area contributed by atoms with E-state index in [0.29, 0.717) is 25.4 Å². The highest BCUT2D eigenvalue weighted by Crippen LogP contribution is 2.26. The van der Waals surface area contributed by atoms with Crippen LogP contribution >= 0.6 is 28.1 Å². The van der Waals surface area contributed by atoms with Crippen LogP contribution in [0.15, 0.2) is 46.9 Å². The van der Waals surface area contributed by atoms with Crippen molar-refractivity contribution in [2.24, 2.45) is 0 Å². The molecule has 0 saturated carbocycles. The molecule has 0 bridgehead atoms. The van der Waals surface area contributed by atoms with Gasteiger partial charge in [0.1, 0.15) is 18.1 Å². The summed E-state index contributed by atoms with van der Waals surface area (Å²) in [5.41, 5.74) is 1.23. The minimum absolute atomic E-state index is 0.213. The Balaban J connectivity index is 1.82. The zero-order valence-corrected chi connectivity index (χ0v) is 20.3. The number of carbonyl (C=O) groups is 1. The second-order valence-corrected chi connectivity index (χ2v) is 8.09. The molecule has 2 aromatic carbocycles. The number of amides is 1. The van der Waals surface area contributed by atoms with Crippen LogP contribution in [0.5, 0.6) is 11.5 Å². The Morgan fingerprint density at radius 2 is 1.77 bits per heavy atom. The summed E-state index contributed by atoms with van der Waals surface area (Å²) in [5.74, 6) is 1.16. The molecule has 168 valence electrons. The molecule has 0 spiro atoms. The molecule has 0 saturated heterocycles. The molecule has 6 nitrogen and oxygen atoms in total. The van der Waals surface area contributed by atoms with Crippen LogP contribution in [0.25, 0.3) is 0 Å². The van der Waals surface area contributed by atoms with Gasteiger partial charge in [0, 0.05) is 18.4 Å². The Labute approximate surface area is 197 Å². The minimum Gasteiger partial charge on any atom is -0.492 e. The molecule has 0 radical (unpaired) electrons. The van der Waals surface area contributed by atoms with Crippen molar-refractivity contribution in [2.45, 2.75) is 32.6 Å². The number of unbranched alkanes of at least 4 members (excludes halogenated alkanes) is 3. The predicted octanol–water partition coefficient (Wildman–Crippen LogP) is 5.56. The zero-order chi connectivity index (χ0) is 22.5. The van der Waals surface area contributed by atoms with Crippen molar-refractivity contribution in [2.75, 3.05) is 32.2 Å². The normalized spacial score (nSPS) is 10.4. The number of carbonyl (C=O) groups excluding carboxylic acids is 1. The van der Waals surface area contributed by atoms with Gasteiger partial charge in [-0.2, -0.15) is 0 Å². The van der Waals surface area contributed by atoms with E-state index in [-0.39, 0.29) is 11.0 Å². The fourth-order valence-electron chi connectivity index (χ4n) is 2.69. The first-order valence-electron chi connectivity index (χ1n) is 10.3. The Hall–Kier alpha value is -2.16. The highest BCUT2D eigenvalue weighted by Gasteiger charge is 2.11. The number of nitrogens with one attached hydrogen (secondary N) is 2. The van der Waals surface area contributed by atoms with Gasteiger partial charge < -0.3 is 19.5 Å². The van der Waals surface area contributed by atoms with Gasteiger partial charge in [0.2, 0.25) is 0 Å². The van der Waals surface area contributed by atoms with E-state index < -0.39 is 0 Å². The fraction of sp³-hybridized carbons (Fsp3) is 0.391. The third kappa shape index (κ3) is 9.25. The number of anilines is 1. The van der Waals surface area contributed by atoms with E-state index in [2.05, 4.69) is 33.5 Å². The molecule has 0 heterocycles. The second kappa shape index (κ2) is 14.0. The molecule has 0 atom stereocenters. The Bertz CT molecular complexity index is 846. The van der Waals surface area contributed by atoms with Gasteiger partial charge in [-0.05, 0) is 77.0 Å². The first kappa shape index (κ1) is 25.1. The summed E-state index contributed by atoms with van der Waals surface area (Å²) in [5, 5.41) is 5.89. The highest BCUT2D eigenvalue weighted by molar-refractivity contribution is 9.10. The maximum atomic E-state index is 12.5. The number of methoxy groups -OCH3 is 1. The number of rotatable bonds is 12. The summed E-state index contributed by atoms with van der Waals surface area (Å²) in [6.07, 6.45) is 4.58. The minimum atomic E-state index is -0.299. The van der Waals surface area contributed by atoms with Gasteiger partial charge in [0.25, 0.3) is 5.91 Å². The Morgan fingerprint density at radius 1 is 1.00 bits per heavy atom. The molecular weight excluding hydrogens is 480 g/mol. The maximum absolute atomic E-state index is 12.5. The van der Waals surface area contributed by atoms with Gasteiger partial charge in [0.05, 0.1) is 17.7 Å². The van der Waals surface area contributed by atoms with E-state index >= 15 is 0 Å². The highest BCUT2D eigenvalue weighted by atomic mass is 79.9. The molecule has 2 aromatic rings. The number of benzene rings is 2. The van der Waals surface area contributed by atoms with Gasteiger partial charge in [-0.3, -0.25) is 10.1 Å². The Kier molecular flexibility index (Phi) is 11.3. The molecule has 0 aliphatic rings. The molecule has 0 unspecified atom stereocenters. The van der Waals surface area contributed by atoms with Crippen molar-refractivity contribution in [3.8, 4) is 11.5 Å². The van der Waals surface area contributed by atoms with E-state index in [9.17, 15) is 4.79 Å². The summed E-state index contributed by atoms with van der Waals surface area (Å²) in [6.45, 7) is 3.85. The third-order valence-corrected chi connectivity index (χ3v) is 5.17. The number of ether oxygens (including phenoxy) is 3. The Morgan fingerprint density at radius 3 is 2.45 bits per heavy atom. The molecule has 2 rings (SSSR count). The number of hydrogen-bond acceptors (Lipinski definition) is 5. The van der Waals surface area contributed by atoms with Crippen LogP contribution in [0, 0.1) is 0 Å². The van der Waals surface area contributed by atoms with Gasteiger partial charge in [0.15, 0.2) is 5.11 Å². The molecule has 0 fully saturated rings. The van der Waals surface area contributed by atoms with E-state index in [1.165, 1.54) is 12.8 Å². The van der Waals surface area contributed by atoms with Crippen molar-refractivity contribution in [3.05, 3.63) is 52.5 Å². The summed E-state index contributed by atoms with van der Waals surface area (Å²) < 4.78 is 17.0. The van der Waals surface area contributed by atoms with Crippen molar-refractivity contribution < 1.29 is 19.0 Å². The van der Waals surface area contributed by atoms with Gasteiger partial charge >= 0.3 is 0 Å². The topological polar surface area (TPSA) is 68.8 Å². The SMILES string of the molecule is CCCCCCOc1ccc(C(=O)NC(=S)Nc2ccc(OCCOC)cc2)cc1Br. The lowest BCUT2D eigenvalue weighted by Gasteiger charge is -2.12. The van der Waals surface area contributed by atoms with Crippen molar-refractivity contribution in [1.29, 1.82) is 0 Å².